The van der Waals surface area contributed by atoms with Gasteiger partial charge < -0.3 is 10.4 Å². The van der Waals surface area contributed by atoms with Gasteiger partial charge in [0.05, 0.1) is 6.42 Å². The molecule has 1 aromatic rings. The highest BCUT2D eigenvalue weighted by molar-refractivity contribution is 5.84. The Hall–Kier alpha value is -2.12. The second kappa shape index (κ2) is 7.24. The van der Waals surface area contributed by atoms with Crippen LogP contribution >= 0.6 is 0 Å². The lowest BCUT2D eigenvalue weighted by atomic mass is 9.97. The monoisotopic (exact) mass is 321 g/mol. The summed E-state index contributed by atoms with van der Waals surface area (Å²) in [6.45, 7) is 1.59. The molecule has 0 heterocycles. The summed E-state index contributed by atoms with van der Waals surface area (Å²) >= 11 is 0. The maximum absolute atomic E-state index is 13.1. The number of carboxylic acids is 1. The number of halogens is 4. The first kappa shape index (κ1) is 17.9. The summed E-state index contributed by atoms with van der Waals surface area (Å²) in [5.41, 5.74) is 0.498. The van der Waals surface area contributed by atoms with Crippen LogP contribution in [0.15, 0.2) is 24.3 Å². The predicted molar refractivity (Wildman–Crippen MR) is 69.7 cm³/mol. The summed E-state index contributed by atoms with van der Waals surface area (Å²) in [6, 6.07) is 3.42. The standard InChI is InChI=1S/C14H15F4NO3/c1-8(9-3-2-4-10(15)6-9)5-12(20)19-11(13(21)22)7-14(16,17)18/h2-4,6,8,11H,5,7H2,1H3,(H,19,20)(H,21,22). The van der Waals surface area contributed by atoms with Crippen LogP contribution < -0.4 is 5.32 Å². The van der Waals surface area contributed by atoms with E-state index in [1.807, 2.05) is 5.32 Å². The van der Waals surface area contributed by atoms with Crippen molar-refractivity contribution in [1.82, 2.24) is 5.32 Å². The molecular formula is C14H15F4NO3. The van der Waals surface area contributed by atoms with Crippen LogP contribution in [0.2, 0.25) is 0 Å². The van der Waals surface area contributed by atoms with E-state index in [0.717, 1.165) is 0 Å². The molecule has 0 bridgehead atoms. The minimum absolute atomic E-state index is 0.245. The van der Waals surface area contributed by atoms with E-state index in [1.165, 1.54) is 18.2 Å². The zero-order valence-electron chi connectivity index (χ0n) is 11.7. The Bertz CT molecular complexity index is 545. The third-order valence-electron chi connectivity index (χ3n) is 2.98. The molecule has 0 aliphatic rings. The second-order valence-corrected chi connectivity index (χ2v) is 4.94. The smallest absolute Gasteiger partial charge is 0.391 e. The number of carboxylic acid groups (broad SMARTS) is 1. The van der Waals surface area contributed by atoms with Gasteiger partial charge in [0.15, 0.2) is 0 Å². The average Bonchev–Trinajstić information content (AvgIpc) is 2.36. The molecule has 0 radical (unpaired) electrons. The van der Waals surface area contributed by atoms with Gasteiger partial charge in [-0.15, -0.1) is 0 Å². The first-order chi connectivity index (χ1) is 10.1. The molecule has 0 aromatic heterocycles. The SMILES string of the molecule is CC(CC(=O)NC(CC(F)(F)F)C(=O)O)c1cccc(F)c1. The summed E-state index contributed by atoms with van der Waals surface area (Å²) in [5.74, 6) is -3.56. The molecule has 122 valence electrons. The van der Waals surface area contributed by atoms with Gasteiger partial charge >= 0.3 is 12.1 Å². The molecule has 0 aliphatic heterocycles. The van der Waals surface area contributed by atoms with Crippen LogP contribution in [0.1, 0.15) is 31.2 Å². The van der Waals surface area contributed by atoms with Crippen molar-refractivity contribution in [2.24, 2.45) is 0 Å². The third kappa shape index (κ3) is 6.11. The molecule has 8 heteroatoms. The van der Waals surface area contributed by atoms with E-state index in [1.54, 1.807) is 13.0 Å². The third-order valence-corrected chi connectivity index (χ3v) is 2.98. The van der Waals surface area contributed by atoms with Crippen molar-refractivity contribution in [2.45, 2.75) is 37.9 Å². The second-order valence-electron chi connectivity index (χ2n) is 4.94. The molecule has 1 rings (SSSR count). The van der Waals surface area contributed by atoms with Crippen molar-refractivity contribution >= 4 is 11.9 Å². The lowest BCUT2D eigenvalue weighted by Crippen LogP contribution is -2.43. The van der Waals surface area contributed by atoms with Crippen LogP contribution in [-0.4, -0.2) is 29.2 Å². The molecule has 0 aliphatic carbocycles. The molecule has 1 aromatic carbocycles. The molecule has 2 atom stereocenters. The Morgan fingerprint density at radius 1 is 1.32 bits per heavy atom. The van der Waals surface area contributed by atoms with Gasteiger partial charge in [-0.05, 0) is 23.6 Å². The molecule has 22 heavy (non-hydrogen) atoms. The lowest BCUT2D eigenvalue weighted by molar-refractivity contribution is -0.160. The number of carbonyl (C=O) groups is 2. The Morgan fingerprint density at radius 3 is 2.45 bits per heavy atom. The summed E-state index contributed by atoms with van der Waals surface area (Å²) in [4.78, 5) is 22.4. The highest BCUT2D eigenvalue weighted by Gasteiger charge is 2.36. The van der Waals surface area contributed by atoms with Crippen LogP contribution in [0, 0.1) is 5.82 Å². The minimum atomic E-state index is -4.70. The van der Waals surface area contributed by atoms with E-state index in [-0.39, 0.29) is 6.42 Å². The molecule has 2 unspecified atom stereocenters. The maximum atomic E-state index is 13.1. The normalized spacial score (nSPS) is 14.2. The van der Waals surface area contributed by atoms with Gasteiger partial charge in [0.1, 0.15) is 11.9 Å². The molecule has 2 N–H and O–H groups in total. The van der Waals surface area contributed by atoms with Crippen molar-refractivity contribution in [3.8, 4) is 0 Å². The zero-order valence-corrected chi connectivity index (χ0v) is 11.7. The number of carbonyl (C=O) groups excluding carboxylic acids is 1. The molecule has 0 saturated carbocycles. The Labute approximate surface area is 124 Å². The number of benzene rings is 1. The quantitative estimate of drug-likeness (QED) is 0.792. The average molecular weight is 321 g/mol. The topological polar surface area (TPSA) is 66.4 Å². The van der Waals surface area contributed by atoms with Crippen LogP contribution in [-0.2, 0) is 9.59 Å². The number of hydrogen-bond acceptors (Lipinski definition) is 2. The van der Waals surface area contributed by atoms with Gasteiger partial charge in [-0.25, -0.2) is 9.18 Å². The lowest BCUT2D eigenvalue weighted by Gasteiger charge is -2.18. The van der Waals surface area contributed by atoms with E-state index in [0.29, 0.717) is 5.56 Å². The summed E-state index contributed by atoms with van der Waals surface area (Å²) in [7, 11) is 0. The van der Waals surface area contributed by atoms with Gasteiger partial charge in [0, 0.05) is 6.42 Å². The fourth-order valence-corrected chi connectivity index (χ4v) is 1.89. The fourth-order valence-electron chi connectivity index (χ4n) is 1.89. The molecule has 0 saturated heterocycles. The van der Waals surface area contributed by atoms with Gasteiger partial charge in [-0.2, -0.15) is 13.2 Å². The van der Waals surface area contributed by atoms with E-state index in [4.69, 9.17) is 5.11 Å². The molecular weight excluding hydrogens is 306 g/mol. The summed E-state index contributed by atoms with van der Waals surface area (Å²) < 4.78 is 49.8. The number of rotatable bonds is 6. The number of aliphatic carboxylic acids is 1. The van der Waals surface area contributed by atoms with Crippen molar-refractivity contribution in [3.05, 3.63) is 35.6 Å². The van der Waals surface area contributed by atoms with Crippen molar-refractivity contribution in [3.63, 3.8) is 0 Å². The van der Waals surface area contributed by atoms with E-state index in [2.05, 4.69) is 0 Å². The largest absolute Gasteiger partial charge is 0.480 e. The Kier molecular flexibility index (Phi) is 5.90. The molecule has 4 nitrogen and oxygen atoms in total. The van der Waals surface area contributed by atoms with E-state index >= 15 is 0 Å². The van der Waals surface area contributed by atoms with E-state index in [9.17, 15) is 27.2 Å². The maximum Gasteiger partial charge on any atom is 0.391 e. The predicted octanol–water partition coefficient (Wildman–Crippen LogP) is 2.84. The van der Waals surface area contributed by atoms with Gasteiger partial charge in [-0.1, -0.05) is 19.1 Å². The zero-order chi connectivity index (χ0) is 16.9. The fraction of sp³-hybridized carbons (Fsp3) is 0.429. The first-order valence-electron chi connectivity index (χ1n) is 6.43. The Morgan fingerprint density at radius 2 is 1.95 bits per heavy atom. The molecule has 1 amide bonds. The Balaban J connectivity index is 2.65. The first-order valence-corrected chi connectivity index (χ1v) is 6.43. The van der Waals surface area contributed by atoms with Crippen molar-refractivity contribution < 1.29 is 32.3 Å². The number of amides is 1. The minimum Gasteiger partial charge on any atom is -0.480 e. The van der Waals surface area contributed by atoms with Crippen LogP contribution in [0.5, 0.6) is 0 Å². The van der Waals surface area contributed by atoms with Crippen LogP contribution in [0.4, 0.5) is 17.6 Å². The van der Waals surface area contributed by atoms with Crippen LogP contribution in [0.3, 0.4) is 0 Å². The van der Waals surface area contributed by atoms with E-state index < -0.39 is 42.3 Å². The molecule has 0 spiro atoms. The van der Waals surface area contributed by atoms with Crippen molar-refractivity contribution in [2.75, 3.05) is 0 Å². The highest BCUT2D eigenvalue weighted by atomic mass is 19.4. The highest BCUT2D eigenvalue weighted by Crippen LogP contribution is 2.23. The van der Waals surface area contributed by atoms with Crippen molar-refractivity contribution in [1.29, 1.82) is 0 Å². The van der Waals surface area contributed by atoms with Crippen LogP contribution in [0.25, 0.3) is 0 Å². The summed E-state index contributed by atoms with van der Waals surface area (Å²) in [6.07, 6.45) is -6.60. The van der Waals surface area contributed by atoms with Gasteiger partial charge in [-0.3, -0.25) is 4.79 Å². The number of nitrogens with one attached hydrogen (secondary N) is 1. The molecule has 0 fully saturated rings. The number of alkyl halides is 3. The van der Waals surface area contributed by atoms with Gasteiger partial charge in [0.2, 0.25) is 5.91 Å². The number of hydrogen-bond donors (Lipinski definition) is 2. The van der Waals surface area contributed by atoms with Gasteiger partial charge in [0.25, 0.3) is 0 Å². The summed E-state index contributed by atoms with van der Waals surface area (Å²) in [5, 5.41) is 10.5.